The first-order chi connectivity index (χ1) is 17.7. The first kappa shape index (κ1) is 24.8. The molecule has 5 rings (SSSR count). The van der Waals surface area contributed by atoms with Crippen LogP contribution in [-0.4, -0.2) is 50.3 Å². The summed E-state index contributed by atoms with van der Waals surface area (Å²) in [4.78, 5) is 5.03. The fourth-order valence-electron chi connectivity index (χ4n) is 7.14. The van der Waals surface area contributed by atoms with Crippen LogP contribution in [0.1, 0.15) is 50.2 Å². The van der Waals surface area contributed by atoms with Crippen molar-refractivity contribution in [1.82, 2.24) is 4.90 Å². The van der Waals surface area contributed by atoms with Gasteiger partial charge in [-0.2, -0.15) is 10.5 Å². The van der Waals surface area contributed by atoms with E-state index in [1.165, 1.54) is 11.3 Å². The first-order valence-corrected chi connectivity index (χ1v) is 13.7. The summed E-state index contributed by atoms with van der Waals surface area (Å²) in [5.74, 6) is 1.32. The molecule has 0 amide bonds. The zero-order chi connectivity index (χ0) is 25.0. The maximum absolute atomic E-state index is 10.8. The van der Waals surface area contributed by atoms with Crippen molar-refractivity contribution in [2.75, 3.05) is 44.2 Å². The number of anilines is 1. The lowest BCUT2D eigenvalue weighted by atomic mass is 9.59. The molecule has 36 heavy (non-hydrogen) atoms. The first-order valence-electron chi connectivity index (χ1n) is 13.7. The molecule has 1 saturated carbocycles. The van der Waals surface area contributed by atoms with Gasteiger partial charge >= 0.3 is 0 Å². The van der Waals surface area contributed by atoms with Gasteiger partial charge in [0.2, 0.25) is 0 Å². The Kier molecular flexibility index (Phi) is 7.61. The zero-order valence-corrected chi connectivity index (χ0v) is 21.5. The number of nitriles is 2. The van der Waals surface area contributed by atoms with Gasteiger partial charge in [-0.1, -0.05) is 36.8 Å². The Balaban J connectivity index is 1.22. The lowest BCUT2D eigenvalue weighted by Gasteiger charge is -2.48. The minimum absolute atomic E-state index is 0.191. The Labute approximate surface area is 216 Å². The summed E-state index contributed by atoms with van der Waals surface area (Å²) in [5, 5.41) is 19.8. The largest absolute Gasteiger partial charge is 0.378 e. The van der Waals surface area contributed by atoms with Gasteiger partial charge < -0.3 is 14.5 Å². The third kappa shape index (κ3) is 4.75. The predicted molar refractivity (Wildman–Crippen MR) is 143 cm³/mol. The summed E-state index contributed by atoms with van der Waals surface area (Å²) in [6.07, 6.45) is 5.65. The van der Waals surface area contributed by atoms with Crippen molar-refractivity contribution in [3.63, 3.8) is 0 Å². The third-order valence-corrected chi connectivity index (χ3v) is 8.92. The van der Waals surface area contributed by atoms with E-state index < -0.39 is 5.41 Å². The molecule has 2 saturated heterocycles. The van der Waals surface area contributed by atoms with Crippen LogP contribution in [0, 0.1) is 40.4 Å². The molecule has 0 bridgehead atoms. The van der Waals surface area contributed by atoms with Crippen LogP contribution in [0.3, 0.4) is 0 Å². The molecule has 188 valence electrons. The molecule has 2 aliphatic heterocycles. The number of piperidine rings is 1. The minimum Gasteiger partial charge on any atom is -0.378 e. The van der Waals surface area contributed by atoms with Crippen molar-refractivity contribution in [3.8, 4) is 12.1 Å². The highest BCUT2D eigenvalue weighted by Crippen LogP contribution is 2.50. The Bertz CT molecular complexity index is 1070. The predicted octanol–water partition coefficient (Wildman–Crippen LogP) is 5.37. The molecule has 0 radical (unpaired) electrons. The van der Waals surface area contributed by atoms with E-state index in [0.717, 1.165) is 71.4 Å². The van der Waals surface area contributed by atoms with Crippen LogP contribution in [0.2, 0.25) is 0 Å². The molecule has 2 aromatic rings. The maximum atomic E-state index is 10.8. The summed E-state index contributed by atoms with van der Waals surface area (Å²) < 4.78 is 6.21. The molecule has 0 N–H and O–H groups in total. The highest BCUT2D eigenvalue weighted by molar-refractivity contribution is 5.51. The number of hydrogen-bond acceptors (Lipinski definition) is 5. The molecule has 0 aromatic heterocycles. The van der Waals surface area contributed by atoms with Gasteiger partial charge in [0.05, 0.1) is 29.2 Å². The van der Waals surface area contributed by atoms with Crippen LogP contribution in [0.15, 0.2) is 54.6 Å². The monoisotopic (exact) mass is 482 g/mol. The normalized spacial score (nSPS) is 25.0. The summed E-state index contributed by atoms with van der Waals surface area (Å²) in [6.45, 7) is 8.23. The molecule has 2 heterocycles. The van der Waals surface area contributed by atoms with E-state index in [1.807, 2.05) is 12.1 Å². The Morgan fingerprint density at radius 2 is 1.67 bits per heavy atom. The molecule has 5 heteroatoms. The summed E-state index contributed by atoms with van der Waals surface area (Å²) in [7, 11) is 0. The van der Waals surface area contributed by atoms with Crippen LogP contribution >= 0.6 is 0 Å². The number of rotatable bonds is 8. The number of benzene rings is 2. The van der Waals surface area contributed by atoms with Gasteiger partial charge in [-0.15, -0.1) is 0 Å². The van der Waals surface area contributed by atoms with E-state index in [4.69, 9.17) is 10.00 Å². The van der Waals surface area contributed by atoms with Crippen molar-refractivity contribution >= 4 is 5.69 Å². The van der Waals surface area contributed by atoms with E-state index in [2.05, 4.69) is 71.3 Å². The highest BCUT2D eigenvalue weighted by atomic mass is 16.5. The summed E-state index contributed by atoms with van der Waals surface area (Å²) >= 11 is 0. The van der Waals surface area contributed by atoms with Gasteiger partial charge in [-0.25, -0.2) is 0 Å². The average molecular weight is 483 g/mol. The molecule has 0 spiro atoms. The molecule has 3 fully saturated rings. The lowest BCUT2D eigenvalue weighted by molar-refractivity contribution is -0.00270. The summed E-state index contributed by atoms with van der Waals surface area (Å²) in [5.41, 5.74) is 2.66. The molecule has 5 nitrogen and oxygen atoms in total. The fourth-order valence-corrected chi connectivity index (χ4v) is 7.14. The Morgan fingerprint density at radius 1 is 0.944 bits per heavy atom. The van der Waals surface area contributed by atoms with E-state index in [1.54, 1.807) is 0 Å². The molecule has 1 unspecified atom stereocenters. The van der Waals surface area contributed by atoms with Crippen molar-refractivity contribution in [2.45, 2.75) is 50.5 Å². The topological polar surface area (TPSA) is 63.3 Å². The number of ether oxygens (including phenoxy) is 1. The quantitative estimate of drug-likeness (QED) is 0.506. The molecular weight excluding hydrogens is 444 g/mol. The van der Waals surface area contributed by atoms with E-state index in [-0.39, 0.29) is 12.0 Å². The van der Waals surface area contributed by atoms with Gasteiger partial charge in [-0.05, 0) is 81.4 Å². The Hall–Kier alpha value is -2.86. The second-order valence-corrected chi connectivity index (χ2v) is 10.9. The van der Waals surface area contributed by atoms with Gasteiger partial charge in [0, 0.05) is 43.8 Å². The number of likely N-dealkylation sites (tertiary alicyclic amines) is 1. The van der Waals surface area contributed by atoms with Crippen LogP contribution < -0.4 is 4.90 Å². The molecular formula is C31H38N4O. The van der Waals surface area contributed by atoms with Crippen molar-refractivity contribution in [3.05, 3.63) is 65.7 Å². The highest BCUT2D eigenvalue weighted by Gasteiger charge is 2.52. The SMILES string of the molecule is CCOC1CCC[C@@H]1[C@](C#N)(c1ccccc1)C1CCN(CC2CN(c3ccc(C#N)cc3)C2)CC1. The standard InChI is InChI=1S/C31H38N4O/c1-2-36-30-10-6-9-29(30)31(23-33,26-7-4-3-5-8-26)27-15-17-34(18-16-27)20-25-21-35(22-25)28-13-11-24(19-32)12-14-28/h3-5,7-8,11-14,25,27,29-30H,2,6,9-10,15-18,20-22H2,1H3/t29-,30?,31+/m0/s1. The number of hydrogen-bond donors (Lipinski definition) is 0. The van der Waals surface area contributed by atoms with Crippen LogP contribution in [0.5, 0.6) is 0 Å². The molecule has 3 atom stereocenters. The van der Waals surface area contributed by atoms with Gasteiger partial charge in [0.25, 0.3) is 0 Å². The second kappa shape index (κ2) is 11.0. The van der Waals surface area contributed by atoms with Gasteiger partial charge in [-0.3, -0.25) is 0 Å². The average Bonchev–Trinajstić information content (AvgIpc) is 3.37. The fraction of sp³-hybridized carbons (Fsp3) is 0.548. The number of nitrogens with zero attached hydrogens (tertiary/aromatic N) is 4. The van der Waals surface area contributed by atoms with Crippen molar-refractivity contribution < 1.29 is 4.74 Å². The van der Waals surface area contributed by atoms with E-state index in [0.29, 0.717) is 17.4 Å². The van der Waals surface area contributed by atoms with Crippen LogP contribution in [0.4, 0.5) is 5.69 Å². The van der Waals surface area contributed by atoms with E-state index in [9.17, 15) is 5.26 Å². The maximum Gasteiger partial charge on any atom is 0.0991 e. The minimum atomic E-state index is -0.466. The van der Waals surface area contributed by atoms with Gasteiger partial charge in [0.1, 0.15) is 0 Å². The smallest absolute Gasteiger partial charge is 0.0991 e. The zero-order valence-electron chi connectivity index (χ0n) is 21.5. The van der Waals surface area contributed by atoms with Gasteiger partial charge in [0.15, 0.2) is 0 Å². The lowest BCUT2D eigenvalue weighted by Crippen LogP contribution is -2.54. The summed E-state index contributed by atoms with van der Waals surface area (Å²) in [6, 6.07) is 23.7. The van der Waals surface area contributed by atoms with Crippen molar-refractivity contribution in [1.29, 1.82) is 10.5 Å². The van der Waals surface area contributed by atoms with Crippen LogP contribution in [-0.2, 0) is 10.2 Å². The third-order valence-electron chi connectivity index (χ3n) is 8.92. The molecule has 3 aliphatic rings. The second-order valence-electron chi connectivity index (χ2n) is 10.9. The van der Waals surface area contributed by atoms with Crippen LogP contribution in [0.25, 0.3) is 0 Å². The Morgan fingerprint density at radius 3 is 2.31 bits per heavy atom. The molecule has 2 aromatic carbocycles. The van der Waals surface area contributed by atoms with Crippen molar-refractivity contribution in [2.24, 2.45) is 17.8 Å². The van der Waals surface area contributed by atoms with E-state index >= 15 is 0 Å². The molecule has 1 aliphatic carbocycles.